The summed E-state index contributed by atoms with van der Waals surface area (Å²) in [5, 5.41) is 21.7. The fourth-order valence-corrected chi connectivity index (χ4v) is 7.07. The molecule has 1 atom stereocenters. The maximum Gasteiger partial charge on any atom is 0.296 e. The van der Waals surface area contributed by atoms with Crippen molar-refractivity contribution in [3.8, 4) is 5.75 Å². The molecule has 0 saturated carbocycles. The number of rotatable bonds is 10. The van der Waals surface area contributed by atoms with Crippen molar-refractivity contribution in [1.82, 2.24) is 10.2 Å². The van der Waals surface area contributed by atoms with E-state index in [9.17, 15) is 14.7 Å². The van der Waals surface area contributed by atoms with Crippen LogP contribution in [0.4, 0.5) is 5.13 Å². The third kappa shape index (κ3) is 5.87. The van der Waals surface area contributed by atoms with Crippen LogP contribution in [0.5, 0.6) is 5.75 Å². The number of aliphatic hydroxyl groups excluding tert-OH is 1. The van der Waals surface area contributed by atoms with Crippen molar-refractivity contribution in [2.45, 2.75) is 29.7 Å². The van der Waals surface area contributed by atoms with E-state index in [0.29, 0.717) is 38.0 Å². The first-order valence-corrected chi connectivity index (χ1v) is 15.8. The van der Waals surface area contributed by atoms with Crippen LogP contribution in [-0.2, 0) is 17.2 Å². The molecule has 2 aromatic heterocycles. The van der Waals surface area contributed by atoms with Crippen LogP contribution in [0.25, 0.3) is 0 Å². The van der Waals surface area contributed by atoms with Crippen molar-refractivity contribution >= 4 is 51.3 Å². The normalized spacial score (nSPS) is 14.9. The molecule has 6 rings (SSSR count). The number of carbonyl (C=O) groups is 2. The van der Waals surface area contributed by atoms with Crippen molar-refractivity contribution < 1.29 is 19.4 Å². The van der Waals surface area contributed by atoms with E-state index in [4.69, 9.17) is 4.74 Å². The molecule has 5 aromatic rings. The van der Waals surface area contributed by atoms with E-state index < -0.39 is 23.5 Å². The quantitative estimate of drug-likeness (QED) is 0.0990. The lowest BCUT2D eigenvalue weighted by atomic mass is 9.95. The zero-order valence-corrected chi connectivity index (χ0v) is 24.9. The third-order valence-electron chi connectivity index (χ3n) is 6.73. The van der Waals surface area contributed by atoms with Crippen LogP contribution < -0.4 is 9.64 Å². The van der Waals surface area contributed by atoms with Crippen molar-refractivity contribution in [3.63, 3.8) is 0 Å². The second-order valence-corrected chi connectivity index (χ2v) is 12.7. The minimum atomic E-state index is -0.877. The van der Waals surface area contributed by atoms with Gasteiger partial charge in [0.05, 0.1) is 16.5 Å². The van der Waals surface area contributed by atoms with Gasteiger partial charge in [0.2, 0.25) is 10.9 Å². The molecule has 0 radical (unpaired) electrons. The van der Waals surface area contributed by atoms with Gasteiger partial charge in [0, 0.05) is 5.75 Å². The van der Waals surface area contributed by atoms with Gasteiger partial charge >= 0.3 is 0 Å². The molecule has 0 aliphatic carbocycles. The number of amides is 1. The maximum absolute atomic E-state index is 13.6. The van der Waals surface area contributed by atoms with E-state index in [1.165, 1.54) is 44.9 Å². The molecule has 3 aromatic carbocycles. The molecule has 1 N–H and O–H groups in total. The van der Waals surface area contributed by atoms with Gasteiger partial charge in [0.15, 0.2) is 10.1 Å². The molecule has 3 heterocycles. The predicted octanol–water partition coefficient (Wildman–Crippen LogP) is 7.56. The lowest BCUT2D eigenvalue weighted by Crippen LogP contribution is -2.31. The van der Waals surface area contributed by atoms with Crippen LogP contribution in [-0.4, -0.2) is 27.0 Å². The van der Waals surface area contributed by atoms with Gasteiger partial charge in [-0.25, -0.2) is 0 Å². The van der Waals surface area contributed by atoms with Crippen molar-refractivity contribution in [2.24, 2.45) is 0 Å². The molecule has 1 aliphatic heterocycles. The summed E-state index contributed by atoms with van der Waals surface area (Å²) in [6.07, 6.45) is 0. The number of nitrogens with zero attached hydrogens (tertiary/aromatic N) is 3. The number of thiophene rings is 1. The molecule has 0 fully saturated rings. The number of ether oxygens (including phenoxy) is 1. The molecular formula is C32H25N3O4S3. The van der Waals surface area contributed by atoms with E-state index in [2.05, 4.69) is 34.5 Å². The Hall–Kier alpha value is -4.25. The summed E-state index contributed by atoms with van der Waals surface area (Å²) in [6.45, 7) is 2.45. The van der Waals surface area contributed by atoms with E-state index in [1.54, 1.807) is 41.8 Å². The van der Waals surface area contributed by atoms with Crippen LogP contribution in [0.15, 0.2) is 112 Å². The van der Waals surface area contributed by atoms with Crippen molar-refractivity contribution in [2.75, 3.05) is 4.90 Å². The molecule has 0 bridgehead atoms. The van der Waals surface area contributed by atoms with Gasteiger partial charge in [0.25, 0.3) is 5.91 Å². The standard InChI is InChI=1S/C32H25N3O4S3/c1-20-9-11-22(12-10-20)19-41-32-34-33-31(42-32)35-27(26(29(37)30(35)38)28(36)25-8-5-17-40-25)23-13-15-24(16-14-23)39-18-21-6-3-2-4-7-21/h2-17,27,37H,18-19H2,1H3. The van der Waals surface area contributed by atoms with Crippen molar-refractivity contribution in [3.05, 3.63) is 135 Å². The molecule has 10 heteroatoms. The van der Waals surface area contributed by atoms with E-state index in [1.807, 2.05) is 37.3 Å². The van der Waals surface area contributed by atoms with Crippen LogP contribution >= 0.6 is 34.4 Å². The highest BCUT2D eigenvalue weighted by Crippen LogP contribution is 2.44. The molecule has 1 aliphatic rings. The first kappa shape index (κ1) is 27.9. The number of aromatic nitrogens is 2. The van der Waals surface area contributed by atoms with Gasteiger partial charge in [0.1, 0.15) is 12.4 Å². The fraction of sp³-hybridized carbons (Fsp3) is 0.125. The zero-order valence-electron chi connectivity index (χ0n) is 22.5. The zero-order chi connectivity index (χ0) is 29.1. The van der Waals surface area contributed by atoms with Gasteiger partial charge < -0.3 is 9.84 Å². The molecule has 1 amide bonds. The molecule has 1 unspecified atom stereocenters. The number of hydrogen-bond donors (Lipinski definition) is 1. The monoisotopic (exact) mass is 611 g/mol. The Balaban J connectivity index is 1.28. The van der Waals surface area contributed by atoms with Crippen LogP contribution in [0.1, 0.15) is 38.0 Å². The van der Waals surface area contributed by atoms with Gasteiger partial charge in [-0.1, -0.05) is 101 Å². The SMILES string of the molecule is Cc1ccc(CSc2nnc(N3C(=O)C(O)=C(C(=O)c4cccs4)C3c3ccc(OCc4ccccc4)cc3)s2)cc1. The lowest BCUT2D eigenvalue weighted by Gasteiger charge is -2.24. The fourth-order valence-electron chi connectivity index (χ4n) is 4.57. The summed E-state index contributed by atoms with van der Waals surface area (Å²) in [5.41, 5.74) is 4.04. The highest BCUT2D eigenvalue weighted by Gasteiger charge is 2.46. The average Bonchev–Trinajstić information content (AvgIpc) is 3.77. The lowest BCUT2D eigenvalue weighted by molar-refractivity contribution is -0.117. The number of aliphatic hydroxyl groups is 1. The summed E-state index contributed by atoms with van der Waals surface area (Å²) >= 11 is 4.03. The minimum absolute atomic E-state index is 0.0180. The Morgan fingerprint density at radius 2 is 1.71 bits per heavy atom. The number of carbonyl (C=O) groups excluding carboxylic acids is 2. The Kier molecular flexibility index (Phi) is 8.18. The second-order valence-electron chi connectivity index (χ2n) is 9.61. The van der Waals surface area contributed by atoms with Gasteiger partial charge in [-0.3, -0.25) is 14.5 Å². The Labute approximate surface area is 255 Å². The maximum atomic E-state index is 13.6. The first-order valence-electron chi connectivity index (χ1n) is 13.1. The molecule has 0 spiro atoms. The highest BCUT2D eigenvalue weighted by molar-refractivity contribution is 8.00. The van der Waals surface area contributed by atoms with E-state index in [-0.39, 0.29) is 5.57 Å². The third-order valence-corrected chi connectivity index (χ3v) is 9.72. The summed E-state index contributed by atoms with van der Waals surface area (Å²) in [5.74, 6) is -0.320. The number of Topliss-reactive ketones (excluding diaryl/α,β-unsaturated/α-hetero) is 1. The Morgan fingerprint density at radius 1 is 0.952 bits per heavy atom. The van der Waals surface area contributed by atoms with Crippen LogP contribution in [0, 0.1) is 6.92 Å². The number of benzene rings is 3. The minimum Gasteiger partial charge on any atom is -0.503 e. The molecule has 210 valence electrons. The molecule has 42 heavy (non-hydrogen) atoms. The number of hydrogen-bond acceptors (Lipinski definition) is 9. The predicted molar refractivity (Wildman–Crippen MR) is 166 cm³/mol. The van der Waals surface area contributed by atoms with Crippen molar-refractivity contribution in [1.29, 1.82) is 0 Å². The van der Waals surface area contributed by atoms with E-state index >= 15 is 0 Å². The number of ketones is 1. The summed E-state index contributed by atoms with van der Waals surface area (Å²) in [6, 6.07) is 27.9. The number of anilines is 1. The van der Waals surface area contributed by atoms with E-state index in [0.717, 1.165) is 11.1 Å². The molecular weight excluding hydrogens is 587 g/mol. The van der Waals surface area contributed by atoms with Gasteiger partial charge in [-0.05, 0) is 47.2 Å². The summed E-state index contributed by atoms with van der Waals surface area (Å²) < 4.78 is 6.62. The first-order chi connectivity index (χ1) is 20.5. The Bertz CT molecular complexity index is 1730. The average molecular weight is 612 g/mol. The van der Waals surface area contributed by atoms with Crippen LogP contribution in [0.3, 0.4) is 0 Å². The summed E-state index contributed by atoms with van der Waals surface area (Å²) in [4.78, 5) is 28.9. The van der Waals surface area contributed by atoms with Gasteiger partial charge in [-0.2, -0.15) is 0 Å². The largest absolute Gasteiger partial charge is 0.503 e. The van der Waals surface area contributed by atoms with Crippen LogP contribution in [0.2, 0.25) is 0 Å². The highest BCUT2D eigenvalue weighted by atomic mass is 32.2. The summed E-state index contributed by atoms with van der Waals surface area (Å²) in [7, 11) is 0. The number of aryl methyl sites for hydroxylation is 1. The Morgan fingerprint density at radius 3 is 2.43 bits per heavy atom. The molecule has 7 nitrogen and oxygen atoms in total. The van der Waals surface area contributed by atoms with Gasteiger partial charge in [-0.15, -0.1) is 21.5 Å². The smallest absolute Gasteiger partial charge is 0.296 e. The second kappa shape index (κ2) is 12.3. The number of thioether (sulfide) groups is 1. The topological polar surface area (TPSA) is 92.6 Å². The molecule has 0 saturated heterocycles.